The molecule has 2 aromatic carbocycles. The topological polar surface area (TPSA) is 34.1 Å². The van der Waals surface area contributed by atoms with Crippen LogP contribution in [-0.4, -0.2) is 12.1 Å². The molecule has 0 aliphatic carbocycles. The lowest BCUT2D eigenvalue weighted by Gasteiger charge is -2.08. The maximum Gasteiger partial charge on any atom is 0.123 e. The van der Waals surface area contributed by atoms with E-state index in [-0.39, 0.29) is 0 Å². The fourth-order valence-electron chi connectivity index (χ4n) is 2.39. The summed E-state index contributed by atoms with van der Waals surface area (Å²) in [6.07, 6.45) is 1.82. The van der Waals surface area contributed by atoms with Crippen LogP contribution in [0, 0.1) is 0 Å². The Bertz CT molecular complexity index is 815. The number of nitrogens with one attached hydrogen (secondary N) is 1. The summed E-state index contributed by atoms with van der Waals surface area (Å²) in [7, 11) is 1.68. The van der Waals surface area contributed by atoms with Crippen LogP contribution in [0.3, 0.4) is 0 Å². The van der Waals surface area contributed by atoms with Crippen LogP contribution in [0.25, 0.3) is 10.4 Å². The number of aromatic nitrogens is 1. The lowest BCUT2D eigenvalue weighted by Crippen LogP contribution is -2.13. The van der Waals surface area contributed by atoms with Crippen molar-refractivity contribution in [2.24, 2.45) is 0 Å². The van der Waals surface area contributed by atoms with E-state index in [0.717, 1.165) is 26.8 Å². The van der Waals surface area contributed by atoms with Crippen molar-refractivity contribution in [3.8, 4) is 16.2 Å². The molecule has 0 bridgehead atoms. The van der Waals surface area contributed by atoms with Gasteiger partial charge in [0.2, 0.25) is 0 Å². The van der Waals surface area contributed by atoms with Crippen molar-refractivity contribution in [3.63, 3.8) is 0 Å². The molecule has 3 nitrogen and oxygen atoms in total. The minimum atomic E-state index is 0.639. The zero-order valence-electron chi connectivity index (χ0n) is 13.1. The molecule has 0 aliphatic heterocycles. The molecule has 0 aliphatic rings. The van der Waals surface area contributed by atoms with Crippen LogP contribution < -0.4 is 10.1 Å². The van der Waals surface area contributed by atoms with Crippen LogP contribution in [0.4, 0.5) is 0 Å². The molecule has 24 heavy (non-hydrogen) atoms. The van der Waals surface area contributed by atoms with Crippen LogP contribution in [0.2, 0.25) is 10.0 Å². The third-order valence-electron chi connectivity index (χ3n) is 3.55. The first kappa shape index (κ1) is 17.2. The zero-order chi connectivity index (χ0) is 16.9. The van der Waals surface area contributed by atoms with Gasteiger partial charge in [-0.15, -0.1) is 11.3 Å². The Morgan fingerprint density at radius 2 is 1.79 bits per heavy atom. The summed E-state index contributed by atoms with van der Waals surface area (Å²) in [5, 5.41) is 5.65. The molecule has 3 aromatic rings. The number of methoxy groups -OCH3 is 1. The third kappa shape index (κ3) is 3.90. The van der Waals surface area contributed by atoms with Crippen molar-refractivity contribution in [2.75, 3.05) is 7.11 Å². The van der Waals surface area contributed by atoms with Gasteiger partial charge >= 0.3 is 0 Å². The number of benzene rings is 2. The Hall–Kier alpha value is -1.59. The van der Waals surface area contributed by atoms with Crippen molar-refractivity contribution in [1.82, 2.24) is 10.3 Å². The average Bonchev–Trinajstić information content (AvgIpc) is 3.03. The van der Waals surface area contributed by atoms with Gasteiger partial charge < -0.3 is 10.1 Å². The third-order valence-corrected chi connectivity index (χ3v) is 5.19. The van der Waals surface area contributed by atoms with Gasteiger partial charge in [0.25, 0.3) is 0 Å². The summed E-state index contributed by atoms with van der Waals surface area (Å²) < 4.78 is 5.35. The van der Waals surface area contributed by atoms with Crippen molar-refractivity contribution < 1.29 is 4.74 Å². The first-order chi connectivity index (χ1) is 11.7. The lowest BCUT2D eigenvalue weighted by molar-refractivity contribution is 0.407. The highest BCUT2D eigenvalue weighted by Gasteiger charge is 2.12. The van der Waals surface area contributed by atoms with Crippen LogP contribution in [0.5, 0.6) is 5.75 Å². The van der Waals surface area contributed by atoms with Crippen LogP contribution in [-0.2, 0) is 13.1 Å². The summed E-state index contributed by atoms with van der Waals surface area (Å²) >= 11 is 14.1. The quantitative estimate of drug-likeness (QED) is 0.621. The van der Waals surface area contributed by atoms with Gasteiger partial charge in [-0.05, 0) is 18.2 Å². The molecule has 0 atom stereocenters. The number of nitrogens with zero attached hydrogens (tertiary/aromatic N) is 1. The molecule has 0 unspecified atom stereocenters. The summed E-state index contributed by atoms with van der Waals surface area (Å²) in [5.74, 6) is 0.882. The van der Waals surface area contributed by atoms with E-state index in [1.807, 2.05) is 48.7 Å². The first-order valence-corrected chi connectivity index (χ1v) is 8.98. The predicted molar refractivity (Wildman–Crippen MR) is 101 cm³/mol. The molecule has 1 N–H and O–H groups in total. The molecule has 0 fully saturated rings. The van der Waals surface area contributed by atoms with Crippen LogP contribution in [0.1, 0.15) is 10.6 Å². The van der Waals surface area contributed by atoms with Crippen molar-refractivity contribution >= 4 is 34.5 Å². The maximum absolute atomic E-state index is 6.26. The monoisotopic (exact) mass is 378 g/mol. The predicted octanol–water partition coefficient (Wildman–Crippen LogP) is 5.42. The number of thiazole rings is 1. The molecular formula is C18H16Cl2N2OS. The minimum Gasteiger partial charge on any atom is -0.496 e. The molecular weight excluding hydrogens is 363 g/mol. The van der Waals surface area contributed by atoms with Crippen LogP contribution in [0.15, 0.2) is 48.7 Å². The van der Waals surface area contributed by atoms with Crippen LogP contribution >= 0.6 is 34.5 Å². The first-order valence-electron chi connectivity index (χ1n) is 7.40. The summed E-state index contributed by atoms with van der Waals surface area (Å²) in [4.78, 5) is 5.43. The van der Waals surface area contributed by atoms with Gasteiger partial charge in [-0.1, -0.05) is 47.5 Å². The van der Waals surface area contributed by atoms with E-state index in [1.54, 1.807) is 18.4 Å². The fourth-order valence-corrected chi connectivity index (χ4v) is 4.07. The van der Waals surface area contributed by atoms with Gasteiger partial charge in [-0.3, -0.25) is 0 Å². The zero-order valence-corrected chi connectivity index (χ0v) is 15.4. The maximum atomic E-state index is 6.26. The van der Waals surface area contributed by atoms with Gasteiger partial charge in [0, 0.05) is 30.4 Å². The Labute approximate surface area is 155 Å². The second-order valence-corrected chi connectivity index (χ2v) is 7.06. The summed E-state index contributed by atoms with van der Waals surface area (Å²) in [5.41, 5.74) is 1.96. The molecule has 0 saturated heterocycles. The van der Waals surface area contributed by atoms with Gasteiger partial charge in [0.1, 0.15) is 10.8 Å². The van der Waals surface area contributed by atoms with E-state index in [9.17, 15) is 0 Å². The number of hydrogen-bond donors (Lipinski definition) is 1. The van der Waals surface area contributed by atoms with Crippen molar-refractivity contribution in [3.05, 3.63) is 69.3 Å². The second-order valence-electron chi connectivity index (χ2n) is 5.13. The van der Waals surface area contributed by atoms with Crippen molar-refractivity contribution in [1.29, 1.82) is 0 Å². The summed E-state index contributed by atoms with van der Waals surface area (Å²) in [6, 6.07) is 13.5. The van der Waals surface area contributed by atoms with Crippen molar-refractivity contribution in [2.45, 2.75) is 13.1 Å². The normalized spacial score (nSPS) is 10.8. The molecule has 3 rings (SSSR count). The number of para-hydroxylation sites is 1. The highest BCUT2D eigenvalue weighted by Crippen LogP contribution is 2.37. The fraction of sp³-hybridized carbons (Fsp3) is 0.167. The Kier molecular flexibility index (Phi) is 5.74. The van der Waals surface area contributed by atoms with Gasteiger partial charge in [-0.2, -0.15) is 0 Å². The number of halogens is 2. The van der Waals surface area contributed by atoms with Gasteiger partial charge in [0.15, 0.2) is 0 Å². The Morgan fingerprint density at radius 3 is 2.54 bits per heavy atom. The van der Waals surface area contributed by atoms with E-state index >= 15 is 0 Å². The smallest absolute Gasteiger partial charge is 0.123 e. The molecule has 0 radical (unpaired) electrons. The second kappa shape index (κ2) is 7.99. The molecule has 124 valence electrons. The largest absolute Gasteiger partial charge is 0.496 e. The molecule has 0 amide bonds. The number of rotatable bonds is 6. The highest BCUT2D eigenvalue weighted by atomic mass is 35.5. The van der Waals surface area contributed by atoms with E-state index in [4.69, 9.17) is 27.9 Å². The highest BCUT2D eigenvalue weighted by molar-refractivity contribution is 7.15. The van der Waals surface area contributed by atoms with Gasteiger partial charge in [-0.25, -0.2) is 4.98 Å². The molecule has 1 heterocycles. The van der Waals surface area contributed by atoms with E-state index in [1.165, 1.54) is 0 Å². The Balaban J connectivity index is 1.67. The number of ether oxygens (including phenoxy) is 1. The molecule has 1 aromatic heterocycles. The molecule has 6 heteroatoms. The summed E-state index contributed by atoms with van der Waals surface area (Å²) in [6.45, 7) is 1.39. The number of hydrogen-bond acceptors (Lipinski definition) is 4. The Morgan fingerprint density at radius 1 is 1.04 bits per heavy atom. The minimum absolute atomic E-state index is 0.639. The SMILES string of the molecule is COc1ccccc1CNCc1ncc(-c2c(Cl)cccc2Cl)s1. The molecule has 0 spiro atoms. The van der Waals surface area contributed by atoms with Gasteiger partial charge in [0.05, 0.1) is 22.0 Å². The average molecular weight is 379 g/mol. The van der Waals surface area contributed by atoms with E-state index < -0.39 is 0 Å². The standard InChI is InChI=1S/C18H16Cl2N2OS/c1-23-15-8-3-2-5-12(15)9-21-11-17-22-10-16(24-17)18-13(19)6-4-7-14(18)20/h2-8,10,21H,9,11H2,1H3. The molecule has 0 saturated carbocycles. The van der Waals surface area contributed by atoms with E-state index in [2.05, 4.69) is 10.3 Å². The lowest BCUT2D eigenvalue weighted by atomic mass is 10.2. The van der Waals surface area contributed by atoms with E-state index in [0.29, 0.717) is 23.1 Å².